The second-order valence-corrected chi connectivity index (χ2v) is 9.34. The van der Waals surface area contributed by atoms with Gasteiger partial charge in [0.1, 0.15) is 25.7 Å². The summed E-state index contributed by atoms with van der Waals surface area (Å²) in [6.07, 6.45) is -1.88. The Morgan fingerprint density at radius 1 is 1.55 bits per heavy atom. The number of aliphatic hydroxyl groups excluding tert-OH is 1. The SMILES string of the molecule is B[C@@H]1O[C@]2(CCP(=O)(O)OC2)[C@H](OP(C)(=O)OC)C1O. The van der Waals surface area contributed by atoms with E-state index in [0.29, 0.717) is 0 Å². The van der Waals surface area contributed by atoms with Gasteiger partial charge in [0.25, 0.3) is 0 Å². The molecule has 0 saturated carbocycles. The topological polar surface area (TPSA) is 112 Å². The zero-order valence-electron chi connectivity index (χ0n) is 11.6. The third-order valence-corrected chi connectivity index (χ3v) is 6.29. The van der Waals surface area contributed by atoms with Crippen LogP contribution in [-0.4, -0.2) is 68.2 Å². The standard InChI is InChI=1S/C9H19BO8P2/c1-15-19(2,12)18-7-6(11)8(10)17-9(7)3-4-20(13,14)16-5-9/h6-8,11H,3-5,10H2,1-2H3,(H,13,14)/t6?,7-,8-,9+,19?/m1/s1. The van der Waals surface area contributed by atoms with Gasteiger partial charge in [-0.15, -0.1) is 0 Å². The monoisotopic (exact) mass is 328 g/mol. The number of aliphatic hydroxyl groups is 1. The van der Waals surface area contributed by atoms with Gasteiger partial charge in [0.05, 0.1) is 18.8 Å². The van der Waals surface area contributed by atoms with Crippen molar-refractivity contribution in [3.05, 3.63) is 0 Å². The van der Waals surface area contributed by atoms with E-state index >= 15 is 0 Å². The van der Waals surface area contributed by atoms with Gasteiger partial charge in [0, 0.05) is 13.8 Å². The van der Waals surface area contributed by atoms with Crippen LogP contribution in [0.3, 0.4) is 0 Å². The zero-order chi connectivity index (χ0) is 15.2. The third kappa shape index (κ3) is 3.21. The van der Waals surface area contributed by atoms with E-state index in [-0.39, 0.29) is 19.2 Å². The predicted molar refractivity (Wildman–Crippen MR) is 72.8 cm³/mol. The molecule has 2 N–H and O–H groups in total. The normalized spacial score (nSPS) is 48.3. The summed E-state index contributed by atoms with van der Waals surface area (Å²) in [5.74, 6) is 0. The first-order valence-electron chi connectivity index (χ1n) is 6.25. The fourth-order valence-electron chi connectivity index (χ4n) is 2.47. The Morgan fingerprint density at radius 2 is 2.20 bits per heavy atom. The molecule has 0 aromatic carbocycles. The van der Waals surface area contributed by atoms with Crippen LogP contribution in [0.5, 0.6) is 0 Å². The van der Waals surface area contributed by atoms with Gasteiger partial charge in [-0.25, -0.2) is 0 Å². The average molecular weight is 328 g/mol. The molecule has 0 amide bonds. The fraction of sp³-hybridized carbons (Fsp3) is 1.00. The highest BCUT2D eigenvalue weighted by Crippen LogP contribution is 2.55. The lowest BCUT2D eigenvalue weighted by atomic mass is 9.88. The van der Waals surface area contributed by atoms with Crippen LogP contribution in [0.15, 0.2) is 0 Å². The van der Waals surface area contributed by atoms with Crippen molar-refractivity contribution >= 4 is 23.0 Å². The largest absolute Gasteiger partial charge is 0.388 e. The lowest BCUT2D eigenvalue weighted by Crippen LogP contribution is -2.50. The van der Waals surface area contributed by atoms with Gasteiger partial charge < -0.3 is 23.8 Å². The molecule has 116 valence electrons. The first-order valence-corrected chi connectivity index (χ1v) is 10.00. The minimum absolute atomic E-state index is 0.104. The van der Waals surface area contributed by atoms with Gasteiger partial charge in [-0.05, 0) is 6.42 Å². The van der Waals surface area contributed by atoms with E-state index in [1.807, 2.05) is 0 Å². The molecule has 20 heavy (non-hydrogen) atoms. The molecule has 0 bridgehead atoms. The Kier molecular flexibility index (Phi) is 4.57. The minimum atomic E-state index is -3.61. The zero-order valence-corrected chi connectivity index (χ0v) is 13.4. The summed E-state index contributed by atoms with van der Waals surface area (Å²) in [4.78, 5) is 9.41. The van der Waals surface area contributed by atoms with E-state index in [1.54, 1.807) is 7.85 Å². The molecule has 2 fully saturated rings. The Labute approximate surface area is 118 Å². The molecular formula is C9H19BO8P2. The van der Waals surface area contributed by atoms with Crippen LogP contribution in [0, 0.1) is 0 Å². The molecule has 8 nitrogen and oxygen atoms in total. The average Bonchev–Trinajstić information content (AvgIpc) is 2.59. The molecule has 0 radical (unpaired) electrons. The molecule has 2 aliphatic rings. The van der Waals surface area contributed by atoms with Crippen molar-refractivity contribution < 1.29 is 37.4 Å². The van der Waals surface area contributed by atoms with Crippen molar-refractivity contribution in [3.63, 3.8) is 0 Å². The Morgan fingerprint density at radius 3 is 2.70 bits per heavy atom. The summed E-state index contributed by atoms with van der Waals surface area (Å²) in [5.41, 5.74) is -1.08. The van der Waals surface area contributed by atoms with E-state index in [9.17, 15) is 19.1 Å². The molecule has 2 saturated heterocycles. The summed E-state index contributed by atoms with van der Waals surface area (Å²) >= 11 is 0. The molecular weight excluding hydrogens is 309 g/mol. The van der Waals surface area contributed by atoms with Crippen molar-refractivity contribution in [2.24, 2.45) is 0 Å². The fourth-order valence-corrected chi connectivity index (χ4v) is 4.49. The lowest BCUT2D eigenvalue weighted by Gasteiger charge is -2.39. The van der Waals surface area contributed by atoms with Crippen LogP contribution >= 0.6 is 15.2 Å². The first-order chi connectivity index (χ1) is 9.11. The minimum Gasteiger partial charge on any atom is -0.388 e. The highest BCUT2D eigenvalue weighted by atomic mass is 31.2. The van der Waals surface area contributed by atoms with Gasteiger partial charge in [-0.1, -0.05) is 0 Å². The molecule has 6 atom stereocenters. The summed E-state index contributed by atoms with van der Waals surface area (Å²) < 4.78 is 44.3. The molecule has 11 heteroatoms. The van der Waals surface area contributed by atoms with Gasteiger partial charge in [-0.3, -0.25) is 13.7 Å². The molecule has 0 aromatic heterocycles. The molecule has 2 heterocycles. The Balaban J connectivity index is 2.22. The van der Waals surface area contributed by atoms with Crippen LogP contribution in [0.4, 0.5) is 0 Å². The van der Waals surface area contributed by atoms with E-state index in [1.165, 1.54) is 13.8 Å². The summed E-state index contributed by atoms with van der Waals surface area (Å²) in [6, 6.07) is -0.559. The molecule has 0 aromatic rings. The number of hydrogen-bond acceptors (Lipinski definition) is 7. The number of hydrogen-bond donors (Lipinski definition) is 2. The molecule has 1 spiro atoms. The maximum absolute atomic E-state index is 12.0. The van der Waals surface area contributed by atoms with Crippen LogP contribution in [0.25, 0.3) is 0 Å². The van der Waals surface area contributed by atoms with Crippen molar-refractivity contribution in [2.45, 2.75) is 30.2 Å². The van der Waals surface area contributed by atoms with Crippen molar-refractivity contribution in [3.8, 4) is 0 Å². The second kappa shape index (κ2) is 5.49. The lowest BCUT2D eigenvalue weighted by molar-refractivity contribution is -0.0992. The first kappa shape index (κ1) is 16.7. The number of ether oxygens (including phenoxy) is 1. The van der Waals surface area contributed by atoms with Crippen LogP contribution in [0.1, 0.15) is 6.42 Å². The van der Waals surface area contributed by atoms with Gasteiger partial charge in [0.15, 0.2) is 0 Å². The quantitative estimate of drug-likeness (QED) is 0.529. The van der Waals surface area contributed by atoms with Crippen molar-refractivity contribution in [1.29, 1.82) is 0 Å². The maximum atomic E-state index is 12.0. The van der Waals surface area contributed by atoms with Crippen LogP contribution < -0.4 is 0 Å². The van der Waals surface area contributed by atoms with Crippen molar-refractivity contribution in [2.75, 3.05) is 26.5 Å². The molecule has 2 rings (SSSR count). The summed E-state index contributed by atoms with van der Waals surface area (Å²) in [6.45, 7) is 1.09. The van der Waals surface area contributed by atoms with E-state index in [2.05, 4.69) is 0 Å². The van der Waals surface area contributed by atoms with E-state index < -0.39 is 39.0 Å². The van der Waals surface area contributed by atoms with Crippen LogP contribution in [-0.2, 0) is 27.4 Å². The summed E-state index contributed by atoms with van der Waals surface area (Å²) in [7, 11) is -4.05. The third-order valence-electron chi connectivity index (χ3n) is 3.70. The molecule has 0 aliphatic carbocycles. The van der Waals surface area contributed by atoms with E-state index in [4.69, 9.17) is 18.3 Å². The van der Waals surface area contributed by atoms with Crippen LogP contribution in [0.2, 0.25) is 0 Å². The van der Waals surface area contributed by atoms with Gasteiger partial charge in [-0.2, -0.15) is 0 Å². The van der Waals surface area contributed by atoms with Crippen molar-refractivity contribution in [1.82, 2.24) is 0 Å². The molecule has 3 unspecified atom stereocenters. The summed E-state index contributed by atoms with van der Waals surface area (Å²) in [5, 5.41) is 10.2. The number of rotatable bonds is 3. The van der Waals surface area contributed by atoms with Gasteiger partial charge in [0.2, 0.25) is 0 Å². The Bertz CT molecular complexity index is 459. The van der Waals surface area contributed by atoms with Gasteiger partial charge >= 0.3 is 15.2 Å². The van der Waals surface area contributed by atoms with E-state index in [0.717, 1.165) is 0 Å². The highest BCUT2D eigenvalue weighted by molar-refractivity contribution is 7.53. The molecule has 2 aliphatic heterocycles. The smallest absolute Gasteiger partial charge is 0.328 e. The predicted octanol–water partition coefficient (Wildman–Crippen LogP) is -0.464. The maximum Gasteiger partial charge on any atom is 0.328 e. The second-order valence-electron chi connectivity index (χ2n) is 5.24. The highest BCUT2D eigenvalue weighted by Gasteiger charge is 2.58. The Hall–Kier alpha value is 0.285.